The molecular formula is C26H24Cl2N2O5S. The molecule has 0 bridgehead atoms. The summed E-state index contributed by atoms with van der Waals surface area (Å²) in [5.74, 6) is -1.86. The molecule has 10 heteroatoms. The summed E-state index contributed by atoms with van der Waals surface area (Å²) in [7, 11) is 0. The van der Waals surface area contributed by atoms with Crippen LogP contribution in [-0.4, -0.2) is 46.0 Å². The molecule has 1 saturated heterocycles. The van der Waals surface area contributed by atoms with Crippen LogP contribution in [0, 0.1) is 5.92 Å². The van der Waals surface area contributed by atoms with Gasteiger partial charge in [-0.2, -0.15) is 0 Å². The Labute approximate surface area is 221 Å². The number of halogens is 2. The van der Waals surface area contributed by atoms with Gasteiger partial charge in [0, 0.05) is 25.1 Å². The Balaban J connectivity index is 1.35. The van der Waals surface area contributed by atoms with Crippen molar-refractivity contribution < 1.29 is 24.6 Å². The molecule has 4 rings (SSSR count). The van der Waals surface area contributed by atoms with Gasteiger partial charge in [-0.3, -0.25) is 14.4 Å². The minimum atomic E-state index is -1.06. The molecule has 3 N–H and O–H groups in total. The minimum absolute atomic E-state index is 0.00388. The molecule has 1 aromatic heterocycles. The number of piperidine rings is 1. The van der Waals surface area contributed by atoms with E-state index >= 15 is 0 Å². The zero-order valence-electron chi connectivity index (χ0n) is 19.1. The lowest BCUT2D eigenvalue weighted by Gasteiger charge is -2.31. The fraction of sp³-hybridized carbons (Fsp3) is 0.269. The Kier molecular flexibility index (Phi) is 8.18. The molecule has 0 saturated carbocycles. The van der Waals surface area contributed by atoms with Gasteiger partial charge in [-0.05, 0) is 65.1 Å². The van der Waals surface area contributed by atoms with E-state index in [0.717, 1.165) is 10.1 Å². The Hall–Kier alpha value is -3.07. The van der Waals surface area contributed by atoms with Crippen molar-refractivity contribution >= 4 is 68.5 Å². The molecule has 1 unspecified atom stereocenters. The number of aromatic hydroxyl groups is 1. The highest BCUT2D eigenvalue weighted by atomic mass is 35.5. The van der Waals surface area contributed by atoms with Crippen molar-refractivity contribution in [2.24, 2.45) is 5.92 Å². The van der Waals surface area contributed by atoms with Gasteiger partial charge < -0.3 is 20.4 Å². The standard InChI is InChI=1S/C26H24Cl2N2O5S/c27-23-17(12-18-8-11-36-25(18)24(23)28)4-5-21(32)30-9-6-15(7-10-30)26(35)29-20(14-22(33)34)16-2-1-3-19(31)13-16/h1-5,8,11-13,15,20,31H,6-7,9-10,14H2,(H,29,35)(H,33,34). The van der Waals surface area contributed by atoms with Crippen molar-refractivity contribution in [2.45, 2.75) is 25.3 Å². The molecule has 2 amide bonds. The maximum absolute atomic E-state index is 12.9. The molecule has 2 aromatic carbocycles. The zero-order valence-corrected chi connectivity index (χ0v) is 21.4. The first kappa shape index (κ1) is 26.0. The maximum Gasteiger partial charge on any atom is 0.305 e. The van der Waals surface area contributed by atoms with Crippen LogP contribution >= 0.6 is 34.5 Å². The number of aliphatic carboxylic acids is 1. The second-order valence-corrected chi connectivity index (χ2v) is 10.3. The first-order chi connectivity index (χ1) is 17.2. The number of likely N-dealkylation sites (tertiary alicyclic amines) is 1. The highest BCUT2D eigenvalue weighted by molar-refractivity contribution is 7.18. The summed E-state index contributed by atoms with van der Waals surface area (Å²) in [6.07, 6.45) is 3.72. The molecule has 188 valence electrons. The first-order valence-corrected chi connectivity index (χ1v) is 13.0. The second-order valence-electron chi connectivity index (χ2n) is 8.62. The molecule has 0 spiro atoms. The van der Waals surface area contributed by atoms with Crippen LogP contribution in [0.4, 0.5) is 0 Å². The van der Waals surface area contributed by atoms with E-state index in [2.05, 4.69) is 5.32 Å². The van der Waals surface area contributed by atoms with Gasteiger partial charge in [0.1, 0.15) is 5.75 Å². The van der Waals surface area contributed by atoms with Crippen LogP contribution in [0.15, 0.2) is 47.9 Å². The molecule has 0 radical (unpaired) electrons. The number of benzene rings is 2. The smallest absolute Gasteiger partial charge is 0.305 e. The summed E-state index contributed by atoms with van der Waals surface area (Å²) >= 11 is 14.2. The fourth-order valence-corrected chi connectivity index (χ4v) is 5.72. The second kappa shape index (κ2) is 11.3. The number of carboxylic acid groups (broad SMARTS) is 1. The number of nitrogens with one attached hydrogen (secondary N) is 1. The van der Waals surface area contributed by atoms with Crippen LogP contribution in [0.1, 0.15) is 36.4 Å². The molecule has 2 heterocycles. The van der Waals surface area contributed by atoms with Crippen LogP contribution in [0.3, 0.4) is 0 Å². The quantitative estimate of drug-likeness (QED) is 0.339. The number of carboxylic acids is 1. The van der Waals surface area contributed by atoms with Crippen molar-refractivity contribution in [3.8, 4) is 5.75 Å². The average Bonchev–Trinajstić information content (AvgIpc) is 3.33. The lowest BCUT2D eigenvalue weighted by atomic mass is 9.94. The third-order valence-electron chi connectivity index (χ3n) is 6.20. The van der Waals surface area contributed by atoms with Crippen molar-refractivity contribution in [2.75, 3.05) is 13.1 Å². The summed E-state index contributed by atoms with van der Waals surface area (Å²) in [5.41, 5.74) is 1.18. The first-order valence-electron chi connectivity index (χ1n) is 11.4. The number of carbonyl (C=O) groups is 3. The van der Waals surface area contributed by atoms with Crippen LogP contribution in [0.2, 0.25) is 10.0 Å². The van der Waals surface area contributed by atoms with Crippen molar-refractivity contribution in [3.05, 3.63) is 69.0 Å². The fourth-order valence-electron chi connectivity index (χ4n) is 4.28. The Morgan fingerprint density at radius 2 is 1.89 bits per heavy atom. The van der Waals surface area contributed by atoms with E-state index in [1.165, 1.54) is 29.5 Å². The Bertz CT molecular complexity index is 1330. The van der Waals surface area contributed by atoms with Gasteiger partial charge in [-0.1, -0.05) is 35.3 Å². The summed E-state index contributed by atoms with van der Waals surface area (Å²) in [6, 6.07) is 9.25. The van der Waals surface area contributed by atoms with E-state index in [1.54, 1.807) is 23.1 Å². The number of phenolic OH excluding ortho intramolecular Hbond substituents is 1. The van der Waals surface area contributed by atoms with Crippen molar-refractivity contribution in [1.29, 1.82) is 0 Å². The molecule has 3 aromatic rings. The van der Waals surface area contributed by atoms with Gasteiger partial charge in [-0.25, -0.2) is 0 Å². The van der Waals surface area contributed by atoms with E-state index in [0.29, 0.717) is 47.1 Å². The topological polar surface area (TPSA) is 107 Å². The van der Waals surface area contributed by atoms with Gasteiger partial charge in [-0.15, -0.1) is 11.3 Å². The molecule has 7 nitrogen and oxygen atoms in total. The number of hydrogen-bond acceptors (Lipinski definition) is 5. The van der Waals surface area contributed by atoms with Crippen LogP contribution < -0.4 is 5.32 Å². The number of amides is 2. The van der Waals surface area contributed by atoms with Gasteiger partial charge in [0.25, 0.3) is 0 Å². The molecule has 1 aliphatic rings. The highest BCUT2D eigenvalue weighted by Gasteiger charge is 2.29. The largest absolute Gasteiger partial charge is 0.508 e. The molecule has 1 fully saturated rings. The lowest BCUT2D eigenvalue weighted by molar-refractivity contribution is -0.138. The summed E-state index contributed by atoms with van der Waals surface area (Å²) in [4.78, 5) is 38.6. The monoisotopic (exact) mass is 546 g/mol. The molecule has 36 heavy (non-hydrogen) atoms. The average molecular weight is 547 g/mol. The van der Waals surface area contributed by atoms with E-state index in [-0.39, 0.29) is 29.9 Å². The number of thiophene rings is 1. The Morgan fingerprint density at radius 3 is 2.58 bits per heavy atom. The van der Waals surface area contributed by atoms with Crippen molar-refractivity contribution in [3.63, 3.8) is 0 Å². The molecule has 1 aliphatic heterocycles. The SMILES string of the molecule is O=C(O)CC(NC(=O)C1CCN(C(=O)C=Cc2cc3ccsc3c(Cl)c2Cl)CC1)c1cccc(O)c1. The van der Waals surface area contributed by atoms with Gasteiger partial charge in [0.15, 0.2) is 0 Å². The van der Waals surface area contributed by atoms with Crippen LogP contribution in [-0.2, 0) is 14.4 Å². The predicted molar refractivity (Wildman–Crippen MR) is 141 cm³/mol. The highest BCUT2D eigenvalue weighted by Crippen LogP contribution is 2.37. The summed E-state index contributed by atoms with van der Waals surface area (Å²) in [5, 5.41) is 25.5. The van der Waals surface area contributed by atoms with E-state index in [1.807, 2.05) is 17.5 Å². The van der Waals surface area contributed by atoms with E-state index in [4.69, 9.17) is 23.2 Å². The van der Waals surface area contributed by atoms with Gasteiger partial charge in [0.05, 0.1) is 27.2 Å². The predicted octanol–water partition coefficient (Wildman–Crippen LogP) is 5.50. The minimum Gasteiger partial charge on any atom is -0.508 e. The van der Waals surface area contributed by atoms with E-state index in [9.17, 15) is 24.6 Å². The number of fused-ring (bicyclic) bond motifs is 1. The number of hydrogen-bond donors (Lipinski definition) is 3. The number of nitrogens with zero attached hydrogens (tertiary/aromatic N) is 1. The number of phenols is 1. The zero-order chi connectivity index (χ0) is 25.8. The lowest BCUT2D eigenvalue weighted by Crippen LogP contribution is -2.43. The summed E-state index contributed by atoms with van der Waals surface area (Å²) < 4.78 is 0.903. The Morgan fingerprint density at radius 1 is 1.14 bits per heavy atom. The maximum atomic E-state index is 12.9. The van der Waals surface area contributed by atoms with E-state index < -0.39 is 12.0 Å². The van der Waals surface area contributed by atoms with Gasteiger partial charge in [0.2, 0.25) is 11.8 Å². The van der Waals surface area contributed by atoms with Crippen LogP contribution in [0.5, 0.6) is 5.75 Å². The van der Waals surface area contributed by atoms with Crippen LogP contribution in [0.25, 0.3) is 16.2 Å². The van der Waals surface area contributed by atoms with Gasteiger partial charge >= 0.3 is 5.97 Å². The molecule has 1 atom stereocenters. The van der Waals surface area contributed by atoms with Crippen molar-refractivity contribution in [1.82, 2.24) is 10.2 Å². The summed E-state index contributed by atoms with van der Waals surface area (Å²) in [6.45, 7) is 0.796. The normalized spacial score (nSPS) is 15.3. The number of rotatable bonds is 7. The number of carbonyl (C=O) groups excluding carboxylic acids is 2. The third-order valence-corrected chi connectivity index (χ3v) is 8.14. The third kappa shape index (κ3) is 6.00. The molecule has 0 aliphatic carbocycles. The molecular weight excluding hydrogens is 523 g/mol.